The van der Waals surface area contributed by atoms with E-state index in [1.807, 2.05) is 43.0 Å². The monoisotopic (exact) mass is 401 g/mol. The number of hydrogen-bond acceptors (Lipinski definition) is 4. The minimum absolute atomic E-state index is 0.262. The standard InChI is InChI=1S/C21H27N3O3S/c1-5-15(3)28-18-10-11-19(14(2)12-18)24-20(25)22-13-16-6-8-17(9-7-16)23-21(26)27-4/h6-12,15H,5,13H2,1-4H3,(H,23,26)(H2,22,24,25). The predicted octanol–water partition coefficient (Wildman–Crippen LogP) is 5.39. The van der Waals surface area contributed by atoms with Crippen LogP contribution in [0.4, 0.5) is 21.0 Å². The van der Waals surface area contributed by atoms with Gasteiger partial charge in [0.15, 0.2) is 0 Å². The van der Waals surface area contributed by atoms with Gasteiger partial charge >= 0.3 is 12.1 Å². The molecule has 0 aromatic heterocycles. The smallest absolute Gasteiger partial charge is 0.411 e. The lowest BCUT2D eigenvalue weighted by Crippen LogP contribution is -2.28. The molecule has 0 aliphatic heterocycles. The van der Waals surface area contributed by atoms with E-state index in [9.17, 15) is 9.59 Å². The van der Waals surface area contributed by atoms with Crippen molar-refractivity contribution in [3.63, 3.8) is 0 Å². The van der Waals surface area contributed by atoms with Gasteiger partial charge in [0, 0.05) is 28.1 Å². The first kappa shape index (κ1) is 21.6. The second-order valence-electron chi connectivity index (χ2n) is 6.43. The molecule has 0 bridgehead atoms. The fraction of sp³-hybridized carbons (Fsp3) is 0.333. The molecule has 2 aromatic carbocycles. The summed E-state index contributed by atoms with van der Waals surface area (Å²) in [5, 5.41) is 8.87. The minimum atomic E-state index is -0.519. The first-order chi connectivity index (χ1) is 13.4. The Labute approximate surface area is 170 Å². The summed E-state index contributed by atoms with van der Waals surface area (Å²) in [6, 6.07) is 13.0. The Morgan fingerprint density at radius 2 is 1.82 bits per heavy atom. The normalized spacial score (nSPS) is 11.4. The topological polar surface area (TPSA) is 79.5 Å². The highest BCUT2D eigenvalue weighted by molar-refractivity contribution is 7.99. The summed E-state index contributed by atoms with van der Waals surface area (Å²) in [5.74, 6) is 0. The Bertz CT molecular complexity index is 809. The van der Waals surface area contributed by atoms with Gasteiger partial charge in [0.1, 0.15) is 0 Å². The van der Waals surface area contributed by atoms with E-state index in [1.165, 1.54) is 12.0 Å². The summed E-state index contributed by atoms with van der Waals surface area (Å²) in [6.45, 7) is 6.75. The van der Waals surface area contributed by atoms with Crippen LogP contribution in [0.5, 0.6) is 0 Å². The van der Waals surface area contributed by atoms with E-state index in [0.717, 1.165) is 23.2 Å². The van der Waals surface area contributed by atoms with Crippen molar-refractivity contribution in [3.05, 3.63) is 53.6 Å². The van der Waals surface area contributed by atoms with Crippen molar-refractivity contribution in [1.82, 2.24) is 5.32 Å². The van der Waals surface area contributed by atoms with Crippen molar-refractivity contribution in [3.8, 4) is 0 Å². The lowest BCUT2D eigenvalue weighted by molar-refractivity contribution is 0.187. The maximum Gasteiger partial charge on any atom is 0.411 e. The van der Waals surface area contributed by atoms with Crippen molar-refractivity contribution in [2.24, 2.45) is 0 Å². The number of methoxy groups -OCH3 is 1. The fourth-order valence-electron chi connectivity index (χ4n) is 2.39. The van der Waals surface area contributed by atoms with E-state index >= 15 is 0 Å². The molecule has 0 spiro atoms. The van der Waals surface area contributed by atoms with Gasteiger partial charge < -0.3 is 15.4 Å². The number of anilines is 2. The lowest BCUT2D eigenvalue weighted by atomic mass is 10.2. The highest BCUT2D eigenvalue weighted by Crippen LogP contribution is 2.28. The molecule has 3 N–H and O–H groups in total. The van der Waals surface area contributed by atoms with Gasteiger partial charge in [0.2, 0.25) is 0 Å². The fourth-order valence-corrected chi connectivity index (χ4v) is 3.41. The molecule has 0 aliphatic rings. The third-order valence-electron chi connectivity index (χ3n) is 4.20. The summed E-state index contributed by atoms with van der Waals surface area (Å²) in [6.07, 6.45) is 0.598. The average Bonchev–Trinajstić information content (AvgIpc) is 2.69. The van der Waals surface area contributed by atoms with Gasteiger partial charge in [0.05, 0.1) is 7.11 Å². The summed E-state index contributed by atoms with van der Waals surface area (Å²) in [4.78, 5) is 24.6. The van der Waals surface area contributed by atoms with Crippen LogP contribution in [0.25, 0.3) is 0 Å². The molecule has 0 aliphatic carbocycles. The molecular formula is C21H27N3O3S. The van der Waals surface area contributed by atoms with Crippen molar-refractivity contribution >= 4 is 35.3 Å². The molecule has 7 heteroatoms. The Kier molecular flexibility index (Phi) is 8.19. The van der Waals surface area contributed by atoms with Crippen LogP contribution < -0.4 is 16.0 Å². The molecule has 1 unspecified atom stereocenters. The number of hydrogen-bond donors (Lipinski definition) is 3. The van der Waals surface area contributed by atoms with Crippen molar-refractivity contribution < 1.29 is 14.3 Å². The maximum atomic E-state index is 12.2. The van der Waals surface area contributed by atoms with E-state index < -0.39 is 6.09 Å². The van der Waals surface area contributed by atoms with Crippen molar-refractivity contribution in [1.29, 1.82) is 0 Å². The second-order valence-corrected chi connectivity index (χ2v) is 7.95. The SMILES string of the molecule is CCC(C)Sc1ccc(NC(=O)NCc2ccc(NC(=O)OC)cc2)c(C)c1. The molecule has 3 amide bonds. The Morgan fingerprint density at radius 1 is 1.11 bits per heavy atom. The molecular weight excluding hydrogens is 374 g/mol. The molecule has 0 radical (unpaired) electrons. The van der Waals surface area contributed by atoms with Gasteiger partial charge in [-0.1, -0.05) is 26.0 Å². The van der Waals surface area contributed by atoms with E-state index in [2.05, 4.69) is 40.6 Å². The van der Waals surface area contributed by atoms with Crippen LogP contribution in [-0.4, -0.2) is 24.5 Å². The van der Waals surface area contributed by atoms with Crippen LogP contribution in [0.15, 0.2) is 47.4 Å². The summed E-state index contributed by atoms with van der Waals surface area (Å²) in [7, 11) is 1.31. The number of amides is 3. The number of rotatable bonds is 7. The first-order valence-electron chi connectivity index (χ1n) is 9.17. The third kappa shape index (κ3) is 6.81. The van der Waals surface area contributed by atoms with E-state index in [1.54, 1.807) is 12.1 Å². The largest absolute Gasteiger partial charge is 0.453 e. The van der Waals surface area contributed by atoms with Crippen LogP contribution in [0.3, 0.4) is 0 Å². The molecule has 0 heterocycles. The summed E-state index contributed by atoms with van der Waals surface area (Å²) >= 11 is 1.84. The van der Waals surface area contributed by atoms with Gasteiger partial charge in [-0.3, -0.25) is 5.32 Å². The number of carbonyl (C=O) groups excluding carboxylic acids is 2. The lowest BCUT2D eigenvalue weighted by Gasteiger charge is -2.13. The number of aryl methyl sites for hydroxylation is 1. The van der Waals surface area contributed by atoms with Crippen LogP contribution in [0.2, 0.25) is 0 Å². The van der Waals surface area contributed by atoms with Crippen LogP contribution in [0.1, 0.15) is 31.4 Å². The second kappa shape index (κ2) is 10.6. The Morgan fingerprint density at radius 3 is 2.43 bits per heavy atom. The predicted molar refractivity (Wildman–Crippen MR) is 115 cm³/mol. The number of nitrogens with one attached hydrogen (secondary N) is 3. The average molecular weight is 402 g/mol. The summed E-state index contributed by atoms with van der Waals surface area (Å²) in [5.41, 5.74) is 3.37. The minimum Gasteiger partial charge on any atom is -0.453 e. The molecule has 0 saturated carbocycles. The molecule has 28 heavy (non-hydrogen) atoms. The highest BCUT2D eigenvalue weighted by atomic mass is 32.2. The zero-order valence-electron chi connectivity index (χ0n) is 16.7. The van der Waals surface area contributed by atoms with Crippen molar-refractivity contribution in [2.75, 3.05) is 17.7 Å². The molecule has 0 saturated heterocycles. The van der Waals surface area contributed by atoms with Gasteiger partial charge in [-0.05, 0) is 54.8 Å². The summed E-state index contributed by atoms with van der Waals surface area (Å²) < 4.78 is 4.54. The van der Waals surface area contributed by atoms with Gasteiger partial charge in [-0.2, -0.15) is 0 Å². The van der Waals surface area contributed by atoms with Crippen molar-refractivity contribution in [2.45, 2.75) is 43.9 Å². The molecule has 6 nitrogen and oxygen atoms in total. The number of urea groups is 1. The Hall–Kier alpha value is -2.67. The first-order valence-corrected chi connectivity index (χ1v) is 10.0. The van der Waals surface area contributed by atoms with Crippen LogP contribution in [-0.2, 0) is 11.3 Å². The molecule has 0 fully saturated rings. The van der Waals surface area contributed by atoms with E-state index in [4.69, 9.17) is 0 Å². The quantitative estimate of drug-likeness (QED) is 0.544. The number of thioether (sulfide) groups is 1. The highest BCUT2D eigenvalue weighted by Gasteiger charge is 2.08. The van der Waals surface area contributed by atoms with Crippen LogP contribution in [0, 0.1) is 6.92 Å². The van der Waals surface area contributed by atoms with Gasteiger partial charge in [-0.25, -0.2) is 9.59 Å². The zero-order valence-corrected chi connectivity index (χ0v) is 17.5. The molecule has 150 valence electrons. The maximum absolute atomic E-state index is 12.2. The molecule has 1 atom stereocenters. The van der Waals surface area contributed by atoms with Crippen LogP contribution >= 0.6 is 11.8 Å². The van der Waals surface area contributed by atoms with Gasteiger partial charge in [0.25, 0.3) is 0 Å². The number of ether oxygens (including phenoxy) is 1. The molecule has 2 rings (SSSR count). The molecule has 2 aromatic rings. The number of benzene rings is 2. The van der Waals surface area contributed by atoms with Gasteiger partial charge in [-0.15, -0.1) is 11.8 Å². The Balaban J connectivity index is 1.86. The zero-order chi connectivity index (χ0) is 20.5. The van der Waals surface area contributed by atoms with E-state index in [-0.39, 0.29) is 6.03 Å². The third-order valence-corrected chi connectivity index (χ3v) is 5.46. The van der Waals surface area contributed by atoms with E-state index in [0.29, 0.717) is 17.5 Å². The number of carbonyl (C=O) groups is 2.